The molecule has 1 aliphatic heterocycles. The fraction of sp³-hybridized carbons (Fsp3) is 0.316. The molecule has 1 N–H and O–H groups in total. The van der Waals surface area contributed by atoms with Crippen LogP contribution < -0.4 is 0 Å². The lowest BCUT2D eigenvalue weighted by molar-refractivity contribution is -0.266. The Bertz CT molecular complexity index is 779. The third kappa shape index (κ3) is 2.18. The Morgan fingerprint density at radius 3 is 2.00 bits per heavy atom. The lowest BCUT2D eigenvalue weighted by Gasteiger charge is -2.32. The van der Waals surface area contributed by atoms with Crippen molar-refractivity contribution in [3.63, 3.8) is 0 Å². The Hall–Kier alpha value is -2.17. The van der Waals surface area contributed by atoms with E-state index in [-0.39, 0.29) is 5.56 Å². The van der Waals surface area contributed by atoms with Gasteiger partial charge in [0, 0.05) is 0 Å². The minimum absolute atomic E-state index is 0.231. The molecule has 0 saturated carbocycles. The number of hydrogen-bond acceptors (Lipinski definition) is 2. The van der Waals surface area contributed by atoms with E-state index in [4.69, 9.17) is 0 Å². The van der Waals surface area contributed by atoms with Gasteiger partial charge in [-0.25, -0.2) is 4.79 Å². The number of aromatic carboxylic acids is 1. The van der Waals surface area contributed by atoms with E-state index in [1.54, 1.807) is 6.07 Å². The number of hydrogen-bond donors (Lipinski definition) is 1. The molecule has 1 aliphatic rings. The van der Waals surface area contributed by atoms with Crippen molar-refractivity contribution < 1.29 is 15.1 Å². The maximum atomic E-state index is 12.7. The third-order valence-electron chi connectivity index (χ3n) is 4.81. The summed E-state index contributed by atoms with van der Waals surface area (Å²) in [6.45, 7) is 7.43. The molecule has 0 aliphatic carbocycles. The highest BCUT2D eigenvalue weighted by atomic mass is 16.5. The van der Waals surface area contributed by atoms with E-state index in [1.807, 2.05) is 64.1 Å². The molecule has 2 aromatic rings. The van der Waals surface area contributed by atoms with E-state index in [9.17, 15) is 15.1 Å². The summed E-state index contributed by atoms with van der Waals surface area (Å²) in [6.07, 6.45) is 0. The van der Waals surface area contributed by atoms with Crippen LogP contribution in [0.4, 0.5) is 0 Å². The molecule has 0 aromatic heterocycles. The van der Waals surface area contributed by atoms with Gasteiger partial charge in [0.1, 0.15) is 0 Å². The number of nitrogens with zero attached hydrogens (tertiary/aromatic N) is 1. The van der Waals surface area contributed by atoms with E-state index >= 15 is 0 Å². The maximum Gasteiger partial charge on any atom is 0.336 e. The average molecular weight is 310 g/mol. The van der Waals surface area contributed by atoms with Gasteiger partial charge >= 0.3 is 5.97 Å². The van der Waals surface area contributed by atoms with Crippen LogP contribution in [0.1, 0.15) is 49.2 Å². The highest BCUT2D eigenvalue weighted by Gasteiger charge is 2.50. The second-order valence-corrected chi connectivity index (χ2v) is 7.03. The van der Waals surface area contributed by atoms with Gasteiger partial charge in [0.15, 0.2) is 0 Å². The second-order valence-electron chi connectivity index (χ2n) is 7.03. The average Bonchev–Trinajstić information content (AvgIpc) is 2.65. The molecule has 4 heteroatoms. The summed E-state index contributed by atoms with van der Waals surface area (Å²) in [5.41, 5.74) is 1.95. The molecule has 0 bridgehead atoms. The first-order chi connectivity index (χ1) is 10.7. The molecule has 0 saturated heterocycles. The van der Waals surface area contributed by atoms with Gasteiger partial charge in [0.05, 0.1) is 16.6 Å². The number of carboxylic acids is 1. The molecule has 0 fully saturated rings. The summed E-state index contributed by atoms with van der Waals surface area (Å²) in [7, 11) is 0. The number of carboxylic acid groups (broad SMARTS) is 1. The van der Waals surface area contributed by atoms with Crippen molar-refractivity contribution in [1.82, 2.24) is 5.06 Å². The molecule has 1 heterocycles. The van der Waals surface area contributed by atoms with E-state index in [0.717, 1.165) is 21.8 Å². The predicted molar refractivity (Wildman–Crippen MR) is 87.4 cm³/mol. The van der Waals surface area contributed by atoms with Crippen molar-refractivity contribution in [2.24, 2.45) is 0 Å². The number of carbonyl (C=O) groups is 1. The van der Waals surface area contributed by atoms with E-state index in [0.29, 0.717) is 5.56 Å². The molecule has 1 radical (unpaired) electrons. The first-order valence-electron chi connectivity index (χ1n) is 7.62. The fourth-order valence-electron chi connectivity index (χ4n) is 3.56. The van der Waals surface area contributed by atoms with E-state index in [2.05, 4.69) is 0 Å². The monoisotopic (exact) mass is 310 g/mol. The van der Waals surface area contributed by atoms with E-state index in [1.165, 1.54) is 0 Å². The highest BCUT2D eigenvalue weighted by Crippen LogP contribution is 2.50. The van der Waals surface area contributed by atoms with Crippen LogP contribution in [-0.2, 0) is 16.3 Å². The topological polar surface area (TPSA) is 60.4 Å². The van der Waals surface area contributed by atoms with Gasteiger partial charge in [-0.2, -0.15) is 0 Å². The first-order valence-corrected chi connectivity index (χ1v) is 7.62. The molecule has 3 rings (SSSR count). The minimum Gasteiger partial charge on any atom is -0.478 e. The molecule has 0 unspecified atom stereocenters. The van der Waals surface area contributed by atoms with Crippen LogP contribution in [0, 0.1) is 0 Å². The Morgan fingerprint density at radius 1 is 0.957 bits per heavy atom. The molecular weight excluding hydrogens is 290 g/mol. The molecule has 23 heavy (non-hydrogen) atoms. The largest absolute Gasteiger partial charge is 0.478 e. The van der Waals surface area contributed by atoms with Crippen molar-refractivity contribution in [1.29, 1.82) is 0 Å². The van der Waals surface area contributed by atoms with Crippen LogP contribution in [0.25, 0.3) is 11.1 Å². The van der Waals surface area contributed by atoms with Crippen LogP contribution in [-0.4, -0.2) is 16.1 Å². The van der Waals surface area contributed by atoms with Crippen molar-refractivity contribution in [2.45, 2.75) is 38.8 Å². The Morgan fingerprint density at radius 2 is 1.48 bits per heavy atom. The van der Waals surface area contributed by atoms with Crippen molar-refractivity contribution in [3.05, 3.63) is 59.2 Å². The van der Waals surface area contributed by atoms with Crippen LogP contribution in [0.15, 0.2) is 42.5 Å². The van der Waals surface area contributed by atoms with Gasteiger partial charge in [-0.05, 0) is 62.1 Å². The molecule has 4 nitrogen and oxygen atoms in total. The van der Waals surface area contributed by atoms with Gasteiger partial charge < -0.3 is 5.11 Å². The summed E-state index contributed by atoms with van der Waals surface area (Å²) in [5, 5.41) is 23.4. The van der Waals surface area contributed by atoms with E-state index < -0.39 is 17.0 Å². The zero-order chi connectivity index (χ0) is 17.0. The number of rotatable bonds is 2. The molecule has 0 atom stereocenters. The zero-order valence-corrected chi connectivity index (χ0v) is 13.8. The molecule has 2 aromatic carbocycles. The fourth-order valence-corrected chi connectivity index (χ4v) is 3.56. The molecule has 119 valence electrons. The number of fused-ring (bicyclic) bond motifs is 1. The van der Waals surface area contributed by atoms with Gasteiger partial charge in [0.25, 0.3) is 0 Å². The summed E-state index contributed by atoms with van der Waals surface area (Å²) < 4.78 is 0. The number of benzene rings is 2. The van der Waals surface area contributed by atoms with Gasteiger partial charge in [0.2, 0.25) is 0 Å². The second kappa shape index (κ2) is 4.91. The Labute approximate surface area is 136 Å². The van der Waals surface area contributed by atoms with Crippen molar-refractivity contribution in [2.75, 3.05) is 0 Å². The van der Waals surface area contributed by atoms with Gasteiger partial charge in [-0.15, -0.1) is 10.3 Å². The van der Waals surface area contributed by atoms with Crippen molar-refractivity contribution in [3.8, 4) is 11.1 Å². The van der Waals surface area contributed by atoms with Gasteiger partial charge in [-0.3, -0.25) is 0 Å². The standard InChI is InChI=1S/C19H20NO3/c1-18(2)15-10-13(12-8-6-5-7-9-12)14(17(21)22)11-16(15)19(3,4)20(18)23/h5-11H,1-4H3,(H,21,22). The van der Waals surface area contributed by atoms with Gasteiger partial charge in [-0.1, -0.05) is 30.3 Å². The van der Waals surface area contributed by atoms with Crippen LogP contribution >= 0.6 is 0 Å². The lowest BCUT2D eigenvalue weighted by atomic mass is 9.85. The van der Waals surface area contributed by atoms with Crippen LogP contribution in [0.3, 0.4) is 0 Å². The summed E-state index contributed by atoms with van der Waals surface area (Å²) in [5.74, 6) is -0.982. The molecule has 0 spiro atoms. The highest BCUT2D eigenvalue weighted by molar-refractivity contribution is 5.96. The summed E-state index contributed by atoms with van der Waals surface area (Å²) in [6, 6.07) is 13.0. The van der Waals surface area contributed by atoms with Crippen LogP contribution in [0.2, 0.25) is 0 Å². The summed E-state index contributed by atoms with van der Waals surface area (Å²) in [4.78, 5) is 11.8. The lowest BCUT2D eigenvalue weighted by Crippen LogP contribution is -2.41. The smallest absolute Gasteiger partial charge is 0.336 e. The SMILES string of the molecule is CC1(C)c2cc(C(=O)O)c(-c3ccccc3)cc2C(C)(C)N1[O]. The molecular formula is C19H20NO3. The predicted octanol–water partition coefficient (Wildman–Crippen LogP) is 4.18. The van der Waals surface area contributed by atoms with Crippen molar-refractivity contribution >= 4 is 5.97 Å². The summed E-state index contributed by atoms with van der Waals surface area (Å²) >= 11 is 0. The minimum atomic E-state index is -0.982. The third-order valence-corrected chi connectivity index (χ3v) is 4.81. The Balaban J connectivity index is 2.34. The quantitative estimate of drug-likeness (QED) is 0.905. The molecule has 0 amide bonds. The zero-order valence-electron chi connectivity index (χ0n) is 13.8. The normalized spacial score (nSPS) is 18.7. The maximum absolute atomic E-state index is 12.7. The Kier molecular flexibility index (Phi) is 3.36. The number of hydroxylamine groups is 2. The first kappa shape index (κ1) is 15.7. The van der Waals surface area contributed by atoms with Crippen LogP contribution in [0.5, 0.6) is 0 Å².